The van der Waals surface area contributed by atoms with Crippen molar-refractivity contribution in [2.75, 3.05) is 14.2 Å². The number of nitrogens with one attached hydrogen (secondary N) is 1. The minimum absolute atomic E-state index is 0.311. The van der Waals surface area contributed by atoms with Gasteiger partial charge in [0.2, 0.25) is 0 Å². The van der Waals surface area contributed by atoms with Crippen LogP contribution in [-0.4, -0.2) is 25.3 Å². The number of hydrogen-bond donors (Lipinski definition) is 1. The molecule has 2 amide bonds. The highest BCUT2D eigenvalue weighted by molar-refractivity contribution is 5.74. The second kappa shape index (κ2) is 5.46. The highest BCUT2D eigenvalue weighted by atomic mass is 16.7. The van der Waals surface area contributed by atoms with Gasteiger partial charge in [0.05, 0.1) is 7.11 Å². The number of hydrogen-bond acceptors (Lipinski definition) is 3. The zero-order chi connectivity index (χ0) is 14.8. The zero-order valence-corrected chi connectivity index (χ0v) is 11.9. The van der Waals surface area contributed by atoms with E-state index in [4.69, 9.17) is 9.57 Å². The van der Waals surface area contributed by atoms with Gasteiger partial charge in [0.15, 0.2) is 0 Å². The molecule has 0 radical (unpaired) electrons. The molecule has 2 aromatic rings. The Morgan fingerprint density at radius 2 is 1.62 bits per heavy atom. The first-order chi connectivity index (χ1) is 10.3. The van der Waals surface area contributed by atoms with E-state index in [2.05, 4.69) is 5.32 Å². The number of para-hydroxylation sites is 2. The van der Waals surface area contributed by atoms with E-state index in [0.717, 1.165) is 22.6 Å². The summed E-state index contributed by atoms with van der Waals surface area (Å²) in [6.07, 6.45) is 0. The average Bonchev–Trinajstić information content (AvgIpc) is 2.54. The Morgan fingerprint density at radius 3 is 2.10 bits per heavy atom. The number of rotatable bonds is 2. The van der Waals surface area contributed by atoms with Gasteiger partial charge in [-0.25, -0.2) is 4.79 Å². The molecule has 21 heavy (non-hydrogen) atoms. The zero-order valence-electron chi connectivity index (χ0n) is 11.9. The molecular weight excluding hydrogens is 268 g/mol. The first kappa shape index (κ1) is 13.5. The van der Waals surface area contributed by atoms with Crippen molar-refractivity contribution >= 4 is 6.03 Å². The SMILES string of the molecule is CNC(=O)N(OC)C1c2ccccc2Oc2ccccc21. The number of hydroxylamine groups is 2. The van der Waals surface area contributed by atoms with Crippen LogP contribution in [0.15, 0.2) is 48.5 Å². The first-order valence-electron chi connectivity index (χ1n) is 6.67. The lowest BCUT2D eigenvalue weighted by Gasteiger charge is -2.34. The monoisotopic (exact) mass is 284 g/mol. The lowest BCUT2D eigenvalue weighted by molar-refractivity contribution is -0.109. The first-order valence-corrected chi connectivity index (χ1v) is 6.67. The molecule has 0 spiro atoms. The molecule has 108 valence electrons. The highest BCUT2D eigenvalue weighted by Gasteiger charge is 2.34. The summed E-state index contributed by atoms with van der Waals surface area (Å²) in [5, 5.41) is 3.92. The van der Waals surface area contributed by atoms with Crippen LogP contribution in [0.4, 0.5) is 4.79 Å². The lowest BCUT2D eigenvalue weighted by Crippen LogP contribution is -2.41. The van der Waals surface area contributed by atoms with E-state index >= 15 is 0 Å². The van der Waals surface area contributed by atoms with Gasteiger partial charge in [-0.2, -0.15) is 5.06 Å². The van der Waals surface area contributed by atoms with Gasteiger partial charge < -0.3 is 10.1 Å². The predicted octanol–water partition coefficient (Wildman–Crippen LogP) is 3.08. The summed E-state index contributed by atoms with van der Waals surface area (Å²) in [6, 6.07) is 14.6. The number of nitrogens with zero attached hydrogens (tertiary/aromatic N) is 1. The van der Waals surface area contributed by atoms with E-state index in [-0.39, 0.29) is 12.1 Å². The number of amides is 2. The van der Waals surface area contributed by atoms with Crippen molar-refractivity contribution in [1.29, 1.82) is 0 Å². The third-order valence-corrected chi connectivity index (χ3v) is 3.49. The molecule has 5 heteroatoms. The molecule has 0 bridgehead atoms. The van der Waals surface area contributed by atoms with Crippen molar-refractivity contribution in [1.82, 2.24) is 10.4 Å². The number of ether oxygens (including phenoxy) is 1. The summed E-state index contributed by atoms with van der Waals surface area (Å²) in [6.45, 7) is 0. The van der Waals surface area contributed by atoms with Gasteiger partial charge in [-0.3, -0.25) is 4.84 Å². The Kier molecular flexibility index (Phi) is 3.50. The molecule has 5 nitrogen and oxygen atoms in total. The normalized spacial score (nSPS) is 12.9. The molecule has 0 saturated carbocycles. The van der Waals surface area contributed by atoms with E-state index in [1.807, 2.05) is 48.5 Å². The summed E-state index contributed by atoms with van der Waals surface area (Å²) in [7, 11) is 3.06. The van der Waals surface area contributed by atoms with Crippen LogP contribution in [0.25, 0.3) is 0 Å². The summed E-state index contributed by atoms with van der Waals surface area (Å²) in [5.74, 6) is 1.46. The van der Waals surface area contributed by atoms with Crippen molar-refractivity contribution in [3.63, 3.8) is 0 Å². The minimum Gasteiger partial charge on any atom is -0.457 e. The van der Waals surface area contributed by atoms with Crippen molar-refractivity contribution < 1.29 is 14.4 Å². The van der Waals surface area contributed by atoms with E-state index in [9.17, 15) is 4.79 Å². The van der Waals surface area contributed by atoms with Gasteiger partial charge in [-0.1, -0.05) is 36.4 Å². The number of benzene rings is 2. The number of urea groups is 1. The van der Waals surface area contributed by atoms with Gasteiger partial charge in [0.1, 0.15) is 17.5 Å². The molecule has 0 atom stereocenters. The van der Waals surface area contributed by atoms with Crippen LogP contribution in [0, 0.1) is 0 Å². The molecule has 1 heterocycles. The van der Waals surface area contributed by atoms with E-state index in [0.29, 0.717) is 0 Å². The highest BCUT2D eigenvalue weighted by Crippen LogP contribution is 2.45. The fourth-order valence-corrected chi connectivity index (χ4v) is 2.55. The fourth-order valence-electron chi connectivity index (χ4n) is 2.55. The predicted molar refractivity (Wildman–Crippen MR) is 78.1 cm³/mol. The van der Waals surface area contributed by atoms with E-state index in [1.54, 1.807) is 7.05 Å². The van der Waals surface area contributed by atoms with Gasteiger partial charge in [0.25, 0.3) is 0 Å². The Hall–Kier alpha value is -2.53. The standard InChI is InChI=1S/C16H16N2O3/c1-17-16(19)18(20-2)15-11-7-3-5-9-13(11)21-14-10-6-4-8-12(14)15/h3-10,15H,1-2H3,(H,17,19). The van der Waals surface area contributed by atoms with Crippen molar-refractivity contribution in [2.45, 2.75) is 6.04 Å². The van der Waals surface area contributed by atoms with Crippen LogP contribution < -0.4 is 10.1 Å². The lowest BCUT2D eigenvalue weighted by atomic mass is 9.94. The maximum atomic E-state index is 12.1. The molecule has 3 rings (SSSR count). The van der Waals surface area contributed by atoms with Crippen molar-refractivity contribution in [3.8, 4) is 11.5 Å². The van der Waals surface area contributed by atoms with Gasteiger partial charge in [-0.05, 0) is 12.1 Å². The molecular formula is C16H16N2O3. The van der Waals surface area contributed by atoms with Crippen LogP contribution >= 0.6 is 0 Å². The number of carbonyl (C=O) groups is 1. The van der Waals surface area contributed by atoms with Crippen LogP contribution in [-0.2, 0) is 4.84 Å². The average molecular weight is 284 g/mol. The maximum absolute atomic E-state index is 12.1. The molecule has 1 N–H and O–H groups in total. The molecule has 0 saturated heterocycles. The third kappa shape index (κ3) is 2.21. The maximum Gasteiger partial charge on any atom is 0.341 e. The number of carbonyl (C=O) groups excluding carboxylic acids is 1. The molecule has 0 aliphatic carbocycles. The second-order valence-electron chi connectivity index (χ2n) is 4.64. The largest absolute Gasteiger partial charge is 0.457 e. The summed E-state index contributed by atoms with van der Waals surface area (Å²) in [4.78, 5) is 17.4. The number of fused-ring (bicyclic) bond motifs is 2. The molecule has 0 unspecified atom stereocenters. The molecule has 1 aliphatic heterocycles. The fraction of sp³-hybridized carbons (Fsp3) is 0.188. The van der Waals surface area contributed by atoms with Crippen molar-refractivity contribution in [3.05, 3.63) is 59.7 Å². The van der Waals surface area contributed by atoms with Crippen molar-refractivity contribution in [2.24, 2.45) is 0 Å². The molecule has 2 aromatic carbocycles. The molecule has 1 aliphatic rings. The minimum atomic E-state index is -0.351. The third-order valence-electron chi connectivity index (χ3n) is 3.49. The van der Waals surface area contributed by atoms with Crippen LogP contribution in [0.2, 0.25) is 0 Å². The summed E-state index contributed by atoms with van der Waals surface area (Å²) in [5.41, 5.74) is 1.78. The van der Waals surface area contributed by atoms with Crippen LogP contribution in [0.3, 0.4) is 0 Å². The molecule has 0 fully saturated rings. The smallest absolute Gasteiger partial charge is 0.341 e. The van der Waals surface area contributed by atoms with Gasteiger partial charge >= 0.3 is 6.03 Å². The Morgan fingerprint density at radius 1 is 1.10 bits per heavy atom. The van der Waals surface area contributed by atoms with E-state index in [1.165, 1.54) is 12.2 Å². The Labute approximate surface area is 123 Å². The Balaban J connectivity index is 2.16. The van der Waals surface area contributed by atoms with Crippen LogP contribution in [0.1, 0.15) is 17.2 Å². The second-order valence-corrected chi connectivity index (χ2v) is 4.64. The Bertz CT molecular complexity index is 627. The van der Waals surface area contributed by atoms with Gasteiger partial charge in [0, 0.05) is 18.2 Å². The van der Waals surface area contributed by atoms with Crippen LogP contribution in [0.5, 0.6) is 11.5 Å². The van der Waals surface area contributed by atoms with Gasteiger partial charge in [-0.15, -0.1) is 0 Å². The molecule has 0 aromatic heterocycles. The quantitative estimate of drug-likeness (QED) is 0.862. The summed E-state index contributed by atoms with van der Waals surface area (Å²) < 4.78 is 5.90. The summed E-state index contributed by atoms with van der Waals surface area (Å²) >= 11 is 0. The topological polar surface area (TPSA) is 50.8 Å². The van der Waals surface area contributed by atoms with E-state index < -0.39 is 0 Å².